The molecule has 144 valence electrons. The molecular weight excluding hydrogens is 340 g/mol. The van der Waals surface area contributed by atoms with Gasteiger partial charge >= 0.3 is 6.03 Å². The minimum absolute atomic E-state index is 0.0866. The number of benzene rings is 2. The summed E-state index contributed by atoms with van der Waals surface area (Å²) >= 11 is 0. The number of methoxy groups -OCH3 is 1. The monoisotopic (exact) mass is 368 g/mol. The Labute approximate surface area is 161 Å². The standard InChI is InChI=1S/C22H28N2O3/c1-24(14-4-8-20-9-5-15-27-20)22(25)23-19-12-10-17(11-13-19)18-6-3-7-21(16-18)26-2/h3,6-7,10-13,16,20H,4-5,8-9,14-15H2,1-2H3,(H,23,25)/t20-/m1/s1. The highest BCUT2D eigenvalue weighted by Gasteiger charge is 2.16. The maximum atomic E-state index is 12.3. The van der Waals surface area contributed by atoms with E-state index in [2.05, 4.69) is 5.32 Å². The van der Waals surface area contributed by atoms with Gasteiger partial charge in [0.25, 0.3) is 0 Å². The van der Waals surface area contributed by atoms with Crippen LogP contribution in [0.25, 0.3) is 11.1 Å². The third-order valence-corrected chi connectivity index (χ3v) is 4.93. The second-order valence-electron chi connectivity index (χ2n) is 6.94. The molecule has 0 aliphatic carbocycles. The Morgan fingerprint density at radius 3 is 2.74 bits per heavy atom. The molecule has 5 nitrogen and oxygen atoms in total. The van der Waals surface area contributed by atoms with Crippen LogP contribution in [0.3, 0.4) is 0 Å². The number of rotatable bonds is 7. The molecular formula is C22H28N2O3. The van der Waals surface area contributed by atoms with Gasteiger partial charge in [-0.15, -0.1) is 0 Å². The zero-order valence-corrected chi connectivity index (χ0v) is 16.1. The smallest absolute Gasteiger partial charge is 0.321 e. The van der Waals surface area contributed by atoms with Crippen LogP contribution in [0.4, 0.5) is 10.5 Å². The minimum Gasteiger partial charge on any atom is -0.497 e. The quantitative estimate of drug-likeness (QED) is 0.765. The highest BCUT2D eigenvalue weighted by atomic mass is 16.5. The van der Waals surface area contributed by atoms with Crippen molar-refractivity contribution in [3.8, 4) is 16.9 Å². The van der Waals surface area contributed by atoms with Crippen LogP contribution < -0.4 is 10.1 Å². The fourth-order valence-corrected chi connectivity index (χ4v) is 3.30. The molecule has 1 N–H and O–H groups in total. The average molecular weight is 368 g/mol. The van der Waals surface area contributed by atoms with Gasteiger partial charge in [-0.3, -0.25) is 0 Å². The third kappa shape index (κ3) is 5.47. The fraction of sp³-hybridized carbons (Fsp3) is 0.409. The van der Waals surface area contributed by atoms with Gasteiger partial charge in [0.2, 0.25) is 0 Å². The molecule has 3 rings (SSSR count). The van der Waals surface area contributed by atoms with Crippen molar-refractivity contribution in [3.63, 3.8) is 0 Å². The zero-order valence-electron chi connectivity index (χ0n) is 16.1. The SMILES string of the molecule is COc1cccc(-c2ccc(NC(=O)N(C)CCC[C@@H]3CCCO3)cc2)c1. The number of carbonyl (C=O) groups excluding carboxylic acids is 1. The van der Waals surface area contributed by atoms with Gasteiger partial charge in [0.15, 0.2) is 0 Å². The first kappa shape index (κ1) is 19.2. The summed E-state index contributed by atoms with van der Waals surface area (Å²) in [5.74, 6) is 0.828. The van der Waals surface area contributed by atoms with Crippen molar-refractivity contribution in [2.75, 3.05) is 32.6 Å². The number of amides is 2. The Kier molecular flexibility index (Phi) is 6.71. The van der Waals surface area contributed by atoms with Crippen molar-refractivity contribution in [3.05, 3.63) is 48.5 Å². The number of nitrogens with one attached hydrogen (secondary N) is 1. The average Bonchev–Trinajstić information content (AvgIpc) is 3.22. The molecule has 2 amide bonds. The van der Waals surface area contributed by atoms with Crippen LogP contribution in [0.2, 0.25) is 0 Å². The predicted molar refractivity (Wildman–Crippen MR) is 108 cm³/mol. The molecule has 0 aromatic heterocycles. The van der Waals surface area contributed by atoms with Gasteiger partial charge in [-0.05, 0) is 61.1 Å². The van der Waals surface area contributed by atoms with Crippen molar-refractivity contribution < 1.29 is 14.3 Å². The van der Waals surface area contributed by atoms with E-state index in [0.29, 0.717) is 6.10 Å². The fourth-order valence-electron chi connectivity index (χ4n) is 3.30. The Morgan fingerprint density at radius 1 is 1.22 bits per heavy atom. The number of hydrogen-bond donors (Lipinski definition) is 1. The summed E-state index contributed by atoms with van der Waals surface area (Å²) in [5, 5.41) is 2.95. The van der Waals surface area contributed by atoms with Gasteiger partial charge in [-0.2, -0.15) is 0 Å². The van der Waals surface area contributed by atoms with Crippen LogP contribution >= 0.6 is 0 Å². The molecule has 1 fully saturated rings. The number of anilines is 1. The van der Waals surface area contributed by atoms with Gasteiger partial charge in [-0.1, -0.05) is 24.3 Å². The van der Waals surface area contributed by atoms with Gasteiger partial charge in [0.1, 0.15) is 5.75 Å². The van der Waals surface area contributed by atoms with Gasteiger partial charge in [-0.25, -0.2) is 4.79 Å². The van der Waals surface area contributed by atoms with Crippen LogP contribution in [0.5, 0.6) is 5.75 Å². The topological polar surface area (TPSA) is 50.8 Å². The lowest BCUT2D eigenvalue weighted by atomic mass is 10.1. The summed E-state index contributed by atoms with van der Waals surface area (Å²) in [4.78, 5) is 14.1. The normalized spacial score (nSPS) is 16.1. The van der Waals surface area contributed by atoms with Crippen molar-refractivity contribution in [1.29, 1.82) is 0 Å². The lowest BCUT2D eigenvalue weighted by Crippen LogP contribution is -2.32. The lowest BCUT2D eigenvalue weighted by molar-refractivity contribution is 0.101. The Morgan fingerprint density at radius 2 is 2.04 bits per heavy atom. The molecule has 1 saturated heterocycles. The highest BCUT2D eigenvalue weighted by molar-refractivity contribution is 5.89. The predicted octanol–water partition coefficient (Wildman–Crippen LogP) is 4.79. The molecule has 5 heteroatoms. The summed E-state index contributed by atoms with van der Waals surface area (Å²) in [6.45, 7) is 1.61. The van der Waals surface area contributed by atoms with Crippen molar-refractivity contribution >= 4 is 11.7 Å². The van der Waals surface area contributed by atoms with E-state index in [1.165, 1.54) is 0 Å². The number of nitrogens with zero attached hydrogens (tertiary/aromatic N) is 1. The molecule has 2 aromatic carbocycles. The highest BCUT2D eigenvalue weighted by Crippen LogP contribution is 2.25. The summed E-state index contributed by atoms with van der Waals surface area (Å²) in [5.41, 5.74) is 2.95. The minimum atomic E-state index is -0.0866. The molecule has 2 aromatic rings. The summed E-state index contributed by atoms with van der Waals surface area (Å²) in [6, 6.07) is 15.7. The third-order valence-electron chi connectivity index (χ3n) is 4.93. The molecule has 0 bridgehead atoms. The molecule has 27 heavy (non-hydrogen) atoms. The molecule has 0 unspecified atom stereocenters. The first-order chi connectivity index (χ1) is 13.2. The number of urea groups is 1. The number of hydrogen-bond acceptors (Lipinski definition) is 3. The van der Waals surface area contributed by atoms with Crippen molar-refractivity contribution in [2.45, 2.75) is 31.8 Å². The second-order valence-corrected chi connectivity index (χ2v) is 6.94. The van der Waals surface area contributed by atoms with Crippen LogP contribution in [-0.4, -0.2) is 44.3 Å². The first-order valence-corrected chi connectivity index (χ1v) is 9.54. The van der Waals surface area contributed by atoms with Crippen molar-refractivity contribution in [1.82, 2.24) is 4.90 Å². The summed E-state index contributed by atoms with van der Waals surface area (Å²) in [6.07, 6.45) is 4.67. The number of ether oxygens (including phenoxy) is 2. The zero-order chi connectivity index (χ0) is 19.1. The molecule has 1 aliphatic heterocycles. The maximum Gasteiger partial charge on any atom is 0.321 e. The summed E-state index contributed by atoms with van der Waals surface area (Å²) in [7, 11) is 3.49. The van der Waals surface area contributed by atoms with Gasteiger partial charge < -0.3 is 19.7 Å². The second kappa shape index (κ2) is 9.42. The Balaban J connectivity index is 1.50. The first-order valence-electron chi connectivity index (χ1n) is 9.54. The van der Waals surface area contributed by atoms with Gasteiger partial charge in [0.05, 0.1) is 13.2 Å². The largest absolute Gasteiger partial charge is 0.497 e. The van der Waals surface area contributed by atoms with Crippen molar-refractivity contribution in [2.24, 2.45) is 0 Å². The molecule has 0 spiro atoms. The molecule has 1 atom stereocenters. The number of carbonyl (C=O) groups is 1. The van der Waals surface area contributed by atoms with Crippen LogP contribution in [0.1, 0.15) is 25.7 Å². The van der Waals surface area contributed by atoms with E-state index in [-0.39, 0.29) is 6.03 Å². The van der Waals surface area contributed by atoms with E-state index in [9.17, 15) is 4.79 Å². The van der Waals surface area contributed by atoms with E-state index in [1.807, 2.05) is 55.6 Å². The molecule has 0 saturated carbocycles. The van der Waals surface area contributed by atoms with E-state index in [0.717, 1.165) is 61.4 Å². The van der Waals surface area contributed by atoms with E-state index in [4.69, 9.17) is 9.47 Å². The maximum absolute atomic E-state index is 12.3. The van der Waals surface area contributed by atoms with Gasteiger partial charge in [0, 0.05) is 25.9 Å². The van der Waals surface area contributed by atoms with E-state index < -0.39 is 0 Å². The Hall–Kier alpha value is -2.53. The Bertz CT molecular complexity index is 739. The van der Waals surface area contributed by atoms with Crippen LogP contribution in [-0.2, 0) is 4.74 Å². The van der Waals surface area contributed by atoms with Crippen LogP contribution in [0.15, 0.2) is 48.5 Å². The van der Waals surface area contributed by atoms with E-state index >= 15 is 0 Å². The van der Waals surface area contributed by atoms with E-state index in [1.54, 1.807) is 12.0 Å². The molecule has 1 aliphatic rings. The van der Waals surface area contributed by atoms with Crippen LogP contribution in [0, 0.1) is 0 Å². The molecule has 0 radical (unpaired) electrons. The lowest BCUT2D eigenvalue weighted by Gasteiger charge is -2.19. The molecule has 1 heterocycles. The summed E-state index contributed by atoms with van der Waals surface area (Å²) < 4.78 is 10.9.